The van der Waals surface area contributed by atoms with Crippen molar-refractivity contribution in [2.45, 2.75) is 32.8 Å². The van der Waals surface area contributed by atoms with Crippen LogP contribution in [0.4, 0.5) is 5.69 Å². The van der Waals surface area contributed by atoms with Gasteiger partial charge in [0, 0.05) is 5.69 Å². The molecule has 1 heterocycles. The Balaban J connectivity index is 1.95. The summed E-state index contributed by atoms with van der Waals surface area (Å²) in [6, 6.07) is 10.6. The van der Waals surface area contributed by atoms with E-state index in [0.29, 0.717) is 17.2 Å². The maximum Gasteiger partial charge on any atom is 0.313 e. The largest absolute Gasteiger partial charge is 0.463 e. The topological polar surface area (TPSA) is 91.6 Å². The van der Waals surface area contributed by atoms with Crippen LogP contribution in [-0.4, -0.2) is 23.5 Å². The summed E-state index contributed by atoms with van der Waals surface area (Å²) in [5.41, 5.74) is 0.149. The van der Waals surface area contributed by atoms with Gasteiger partial charge in [-0.05, 0) is 44.0 Å². The smallest absolute Gasteiger partial charge is 0.313 e. The molecule has 0 radical (unpaired) electrons. The Morgan fingerprint density at radius 2 is 1.88 bits per heavy atom. The Bertz CT molecular complexity index is 734. The molecule has 0 spiro atoms. The summed E-state index contributed by atoms with van der Waals surface area (Å²) in [4.78, 5) is 24.0. The number of hydrogen-bond acceptors (Lipinski definition) is 4. The minimum atomic E-state index is -1.40. The Labute approximate surface area is 140 Å². The first-order valence-electron chi connectivity index (χ1n) is 7.80. The van der Waals surface area contributed by atoms with Crippen LogP contribution >= 0.6 is 0 Å². The summed E-state index contributed by atoms with van der Waals surface area (Å²) >= 11 is 0. The number of carbonyl (C=O) groups is 2. The number of para-hydroxylation sites is 1. The van der Waals surface area contributed by atoms with E-state index in [2.05, 4.69) is 10.6 Å². The lowest BCUT2D eigenvalue weighted by molar-refractivity contribution is -0.136. The standard InChI is InChI=1S/C18H22N2O4/c1-4-13-7-5-6-8-14(13)20-17(22)16(21)19-11-18(3,23)15-10-9-12(2)24-15/h5-10,23H,4,11H2,1-3H3,(H,19,21)(H,20,22). The molecule has 1 atom stereocenters. The first-order chi connectivity index (χ1) is 11.3. The minimum absolute atomic E-state index is 0.137. The molecule has 1 unspecified atom stereocenters. The summed E-state index contributed by atoms with van der Waals surface area (Å²) in [6.07, 6.45) is 0.741. The number of rotatable bonds is 5. The lowest BCUT2D eigenvalue weighted by Gasteiger charge is -2.21. The highest BCUT2D eigenvalue weighted by molar-refractivity contribution is 6.39. The number of furan rings is 1. The number of hydrogen-bond donors (Lipinski definition) is 3. The van der Waals surface area contributed by atoms with Gasteiger partial charge in [0.05, 0.1) is 6.54 Å². The van der Waals surface area contributed by atoms with E-state index in [0.717, 1.165) is 12.0 Å². The molecule has 0 saturated carbocycles. The van der Waals surface area contributed by atoms with E-state index in [1.807, 2.05) is 19.1 Å². The lowest BCUT2D eigenvalue weighted by atomic mass is 10.0. The van der Waals surface area contributed by atoms with Crippen LogP contribution in [0.15, 0.2) is 40.8 Å². The Hall–Kier alpha value is -2.60. The summed E-state index contributed by atoms with van der Waals surface area (Å²) in [5, 5.41) is 15.4. The molecule has 1 aromatic carbocycles. The number of aliphatic hydroxyl groups is 1. The SMILES string of the molecule is CCc1ccccc1NC(=O)C(=O)NCC(C)(O)c1ccc(C)o1. The molecule has 0 aliphatic heterocycles. The van der Waals surface area contributed by atoms with E-state index in [1.165, 1.54) is 6.92 Å². The number of anilines is 1. The molecule has 6 nitrogen and oxygen atoms in total. The number of nitrogens with one attached hydrogen (secondary N) is 2. The van der Waals surface area contributed by atoms with Crippen LogP contribution < -0.4 is 10.6 Å². The molecule has 0 aliphatic rings. The molecule has 0 bridgehead atoms. The van der Waals surface area contributed by atoms with E-state index in [1.54, 1.807) is 31.2 Å². The van der Waals surface area contributed by atoms with Gasteiger partial charge in [-0.2, -0.15) is 0 Å². The van der Waals surface area contributed by atoms with Crippen LogP contribution in [0.3, 0.4) is 0 Å². The van der Waals surface area contributed by atoms with Crippen molar-refractivity contribution < 1.29 is 19.1 Å². The molecular weight excluding hydrogens is 308 g/mol. The van der Waals surface area contributed by atoms with E-state index in [4.69, 9.17) is 4.42 Å². The van der Waals surface area contributed by atoms with Gasteiger partial charge in [-0.3, -0.25) is 9.59 Å². The van der Waals surface area contributed by atoms with Crippen molar-refractivity contribution in [3.63, 3.8) is 0 Å². The van der Waals surface area contributed by atoms with E-state index in [-0.39, 0.29) is 6.54 Å². The van der Waals surface area contributed by atoms with Crippen molar-refractivity contribution in [2.24, 2.45) is 0 Å². The second-order valence-electron chi connectivity index (χ2n) is 5.83. The molecule has 0 saturated heterocycles. The number of amides is 2. The number of benzene rings is 1. The summed E-state index contributed by atoms with van der Waals surface area (Å²) in [6.45, 7) is 5.10. The van der Waals surface area contributed by atoms with E-state index < -0.39 is 17.4 Å². The quantitative estimate of drug-likeness (QED) is 0.732. The van der Waals surface area contributed by atoms with Gasteiger partial charge in [0.15, 0.2) is 0 Å². The van der Waals surface area contributed by atoms with Gasteiger partial charge in [-0.15, -0.1) is 0 Å². The molecule has 2 aromatic rings. The average Bonchev–Trinajstić information content (AvgIpc) is 3.00. The highest BCUT2D eigenvalue weighted by Gasteiger charge is 2.28. The molecule has 128 valence electrons. The monoisotopic (exact) mass is 330 g/mol. The van der Waals surface area contributed by atoms with Crippen molar-refractivity contribution in [3.05, 3.63) is 53.5 Å². The van der Waals surface area contributed by atoms with Crippen molar-refractivity contribution in [3.8, 4) is 0 Å². The van der Waals surface area contributed by atoms with Crippen LogP contribution in [0.2, 0.25) is 0 Å². The maximum atomic E-state index is 12.0. The maximum absolute atomic E-state index is 12.0. The predicted octanol–water partition coefficient (Wildman–Crippen LogP) is 2.11. The molecule has 2 amide bonds. The summed E-state index contributed by atoms with van der Waals surface area (Å²) in [7, 11) is 0. The highest BCUT2D eigenvalue weighted by atomic mass is 16.4. The van der Waals surface area contributed by atoms with Crippen LogP contribution in [0.25, 0.3) is 0 Å². The van der Waals surface area contributed by atoms with Crippen molar-refractivity contribution in [1.29, 1.82) is 0 Å². The minimum Gasteiger partial charge on any atom is -0.463 e. The van der Waals surface area contributed by atoms with Crippen molar-refractivity contribution in [2.75, 3.05) is 11.9 Å². The predicted molar refractivity (Wildman–Crippen MR) is 90.5 cm³/mol. The molecule has 24 heavy (non-hydrogen) atoms. The van der Waals surface area contributed by atoms with Crippen LogP contribution in [0, 0.1) is 6.92 Å². The van der Waals surface area contributed by atoms with Gasteiger partial charge in [0.2, 0.25) is 0 Å². The number of aryl methyl sites for hydroxylation is 2. The third-order valence-corrected chi connectivity index (χ3v) is 3.72. The first-order valence-corrected chi connectivity index (χ1v) is 7.80. The molecule has 1 aromatic heterocycles. The Morgan fingerprint density at radius 3 is 2.50 bits per heavy atom. The van der Waals surface area contributed by atoms with Gasteiger partial charge >= 0.3 is 11.8 Å². The zero-order chi connectivity index (χ0) is 17.7. The lowest BCUT2D eigenvalue weighted by Crippen LogP contribution is -2.43. The van der Waals surface area contributed by atoms with Crippen LogP contribution in [-0.2, 0) is 21.6 Å². The van der Waals surface area contributed by atoms with Gasteiger partial charge in [0.25, 0.3) is 0 Å². The number of carbonyl (C=O) groups excluding carboxylic acids is 2. The fourth-order valence-corrected chi connectivity index (χ4v) is 2.27. The van der Waals surface area contributed by atoms with Gasteiger partial charge in [-0.1, -0.05) is 25.1 Å². The Morgan fingerprint density at radius 1 is 1.17 bits per heavy atom. The van der Waals surface area contributed by atoms with Crippen molar-refractivity contribution >= 4 is 17.5 Å². The third-order valence-electron chi connectivity index (χ3n) is 3.72. The molecule has 6 heteroatoms. The van der Waals surface area contributed by atoms with Gasteiger partial charge < -0.3 is 20.2 Å². The summed E-state index contributed by atoms with van der Waals surface area (Å²) < 4.78 is 5.37. The molecule has 0 aliphatic carbocycles. The molecule has 2 rings (SSSR count). The Kier molecular flexibility index (Phi) is 5.41. The second-order valence-corrected chi connectivity index (χ2v) is 5.83. The van der Waals surface area contributed by atoms with Crippen molar-refractivity contribution in [1.82, 2.24) is 5.32 Å². The fraction of sp³-hybridized carbons (Fsp3) is 0.333. The second kappa shape index (κ2) is 7.31. The molecule has 3 N–H and O–H groups in total. The fourth-order valence-electron chi connectivity index (χ4n) is 2.27. The van der Waals surface area contributed by atoms with Gasteiger partial charge in [0.1, 0.15) is 17.1 Å². The van der Waals surface area contributed by atoms with E-state index in [9.17, 15) is 14.7 Å². The van der Waals surface area contributed by atoms with E-state index >= 15 is 0 Å². The molecular formula is C18H22N2O4. The van der Waals surface area contributed by atoms with Gasteiger partial charge in [-0.25, -0.2) is 0 Å². The first kappa shape index (κ1) is 17.7. The average molecular weight is 330 g/mol. The molecule has 0 fully saturated rings. The normalized spacial score (nSPS) is 13.2. The third kappa shape index (κ3) is 4.23. The summed E-state index contributed by atoms with van der Waals surface area (Å²) in [5.74, 6) is -0.602. The zero-order valence-electron chi connectivity index (χ0n) is 14.1. The van der Waals surface area contributed by atoms with Crippen LogP contribution in [0.5, 0.6) is 0 Å². The van der Waals surface area contributed by atoms with Crippen LogP contribution in [0.1, 0.15) is 30.9 Å². The highest BCUT2D eigenvalue weighted by Crippen LogP contribution is 2.22. The zero-order valence-corrected chi connectivity index (χ0v) is 14.1.